The molecule has 2 aliphatic carbocycles. The van der Waals surface area contributed by atoms with Crippen LogP contribution >= 0.6 is 0 Å². The van der Waals surface area contributed by atoms with Gasteiger partial charge in [-0.15, -0.1) is 0 Å². The van der Waals surface area contributed by atoms with E-state index in [0.29, 0.717) is 24.8 Å². The molecule has 3 aliphatic rings. The van der Waals surface area contributed by atoms with Gasteiger partial charge in [0.15, 0.2) is 5.82 Å². The third-order valence-electron chi connectivity index (χ3n) is 6.43. The minimum Gasteiger partial charge on any atom is -0.349 e. The van der Waals surface area contributed by atoms with Crippen molar-refractivity contribution in [1.82, 2.24) is 25.2 Å². The van der Waals surface area contributed by atoms with Crippen LogP contribution in [0.25, 0.3) is 11.4 Å². The summed E-state index contributed by atoms with van der Waals surface area (Å²) >= 11 is 0. The standard InChI is InChI=1S/C23H27N5O2/c1-23(2)9-18-17(12-25-21(26-18)14-4-3-7-24-11-14)19(10-23)27-22(30)15-8-20(29)28(13-15)16-5-6-16/h3-4,7,11-12,15-16,19H,5-6,8-10,13H2,1-2H3,(H,27,30)/t15-,19+/m1/s1. The summed E-state index contributed by atoms with van der Waals surface area (Å²) < 4.78 is 0. The summed E-state index contributed by atoms with van der Waals surface area (Å²) in [5.41, 5.74) is 2.86. The fraction of sp³-hybridized carbons (Fsp3) is 0.522. The largest absolute Gasteiger partial charge is 0.349 e. The van der Waals surface area contributed by atoms with E-state index < -0.39 is 0 Å². The molecule has 3 heterocycles. The minimum atomic E-state index is -0.262. The summed E-state index contributed by atoms with van der Waals surface area (Å²) in [6.45, 7) is 4.96. The van der Waals surface area contributed by atoms with Crippen LogP contribution in [-0.4, -0.2) is 44.3 Å². The summed E-state index contributed by atoms with van der Waals surface area (Å²) in [6.07, 6.45) is 9.47. The first-order valence-corrected chi connectivity index (χ1v) is 10.8. The van der Waals surface area contributed by atoms with Crippen LogP contribution in [0.1, 0.15) is 56.8 Å². The Morgan fingerprint density at radius 3 is 2.83 bits per heavy atom. The molecule has 156 valence electrons. The molecule has 0 spiro atoms. The quantitative estimate of drug-likeness (QED) is 0.845. The first-order valence-electron chi connectivity index (χ1n) is 10.8. The van der Waals surface area contributed by atoms with Gasteiger partial charge in [-0.25, -0.2) is 9.97 Å². The van der Waals surface area contributed by atoms with Gasteiger partial charge in [-0.05, 0) is 43.2 Å². The first kappa shape index (κ1) is 19.2. The van der Waals surface area contributed by atoms with Crippen molar-refractivity contribution < 1.29 is 9.59 Å². The summed E-state index contributed by atoms with van der Waals surface area (Å²) in [6, 6.07) is 4.05. The maximum absolute atomic E-state index is 13.0. The number of hydrogen-bond acceptors (Lipinski definition) is 5. The normalized spacial score (nSPS) is 25.1. The van der Waals surface area contributed by atoms with Gasteiger partial charge in [0.05, 0.1) is 17.7 Å². The first-order chi connectivity index (χ1) is 14.4. The van der Waals surface area contributed by atoms with Crippen molar-refractivity contribution in [3.63, 3.8) is 0 Å². The molecule has 0 aromatic carbocycles. The van der Waals surface area contributed by atoms with Gasteiger partial charge in [0.25, 0.3) is 0 Å². The molecule has 0 bridgehead atoms. The van der Waals surface area contributed by atoms with Gasteiger partial charge in [0, 0.05) is 48.7 Å². The number of rotatable bonds is 4. The molecule has 1 N–H and O–H groups in total. The van der Waals surface area contributed by atoms with Crippen molar-refractivity contribution in [3.8, 4) is 11.4 Å². The van der Waals surface area contributed by atoms with Crippen LogP contribution in [-0.2, 0) is 16.0 Å². The second kappa shape index (κ2) is 7.15. The predicted molar refractivity (Wildman–Crippen MR) is 111 cm³/mol. The number of carbonyl (C=O) groups excluding carboxylic acids is 2. The van der Waals surface area contributed by atoms with Crippen LogP contribution in [0.15, 0.2) is 30.7 Å². The van der Waals surface area contributed by atoms with Gasteiger partial charge >= 0.3 is 0 Å². The molecule has 2 amide bonds. The highest BCUT2D eigenvalue weighted by atomic mass is 16.2. The van der Waals surface area contributed by atoms with Gasteiger partial charge < -0.3 is 10.2 Å². The van der Waals surface area contributed by atoms with Gasteiger partial charge in [-0.1, -0.05) is 13.8 Å². The molecule has 2 atom stereocenters. The Morgan fingerprint density at radius 2 is 2.10 bits per heavy atom. The number of pyridine rings is 1. The van der Waals surface area contributed by atoms with E-state index in [9.17, 15) is 9.59 Å². The molecule has 1 aliphatic heterocycles. The van der Waals surface area contributed by atoms with E-state index in [2.05, 4.69) is 29.1 Å². The number of carbonyl (C=O) groups is 2. The highest BCUT2D eigenvalue weighted by molar-refractivity contribution is 5.89. The Morgan fingerprint density at radius 1 is 1.27 bits per heavy atom. The molecule has 7 heteroatoms. The fourth-order valence-electron chi connectivity index (χ4n) is 4.75. The monoisotopic (exact) mass is 405 g/mol. The molecule has 5 rings (SSSR count). The molecule has 2 aromatic heterocycles. The van der Waals surface area contributed by atoms with Gasteiger partial charge in [0.1, 0.15) is 0 Å². The predicted octanol–water partition coefficient (Wildman–Crippen LogP) is 2.68. The van der Waals surface area contributed by atoms with Crippen LogP contribution in [0.3, 0.4) is 0 Å². The highest BCUT2D eigenvalue weighted by Gasteiger charge is 2.43. The van der Waals surface area contributed by atoms with Crippen molar-refractivity contribution in [1.29, 1.82) is 0 Å². The number of amides is 2. The van der Waals surface area contributed by atoms with E-state index in [1.807, 2.05) is 23.2 Å². The average Bonchev–Trinajstić information content (AvgIpc) is 3.48. The van der Waals surface area contributed by atoms with Crippen LogP contribution in [0.5, 0.6) is 0 Å². The van der Waals surface area contributed by atoms with Crippen LogP contribution in [0.4, 0.5) is 0 Å². The molecule has 2 fully saturated rings. The highest BCUT2D eigenvalue weighted by Crippen LogP contribution is 2.41. The van der Waals surface area contributed by atoms with E-state index >= 15 is 0 Å². The fourth-order valence-corrected chi connectivity index (χ4v) is 4.75. The van der Waals surface area contributed by atoms with Gasteiger partial charge in [-0.3, -0.25) is 14.6 Å². The Balaban J connectivity index is 1.37. The average molecular weight is 406 g/mol. The molecule has 1 saturated heterocycles. The third kappa shape index (κ3) is 3.68. The summed E-state index contributed by atoms with van der Waals surface area (Å²) in [7, 11) is 0. The Bertz CT molecular complexity index is 986. The minimum absolute atomic E-state index is 0.0110. The maximum atomic E-state index is 13.0. The van der Waals surface area contributed by atoms with Crippen LogP contribution in [0.2, 0.25) is 0 Å². The zero-order chi connectivity index (χ0) is 20.9. The van der Waals surface area contributed by atoms with Gasteiger partial charge in [-0.2, -0.15) is 0 Å². The number of nitrogens with zero attached hydrogens (tertiary/aromatic N) is 4. The second-order valence-electron chi connectivity index (χ2n) is 9.62. The van der Waals surface area contributed by atoms with Crippen molar-refractivity contribution in [2.75, 3.05) is 6.54 Å². The Kier molecular flexibility index (Phi) is 4.56. The number of hydrogen-bond donors (Lipinski definition) is 1. The van der Waals surface area contributed by atoms with Crippen LogP contribution < -0.4 is 5.32 Å². The number of nitrogens with one attached hydrogen (secondary N) is 1. The van der Waals surface area contributed by atoms with E-state index in [1.165, 1.54) is 0 Å². The number of aromatic nitrogens is 3. The Labute approximate surface area is 176 Å². The number of likely N-dealkylation sites (tertiary alicyclic amines) is 1. The molecular formula is C23H27N5O2. The molecular weight excluding hydrogens is 378 g/mol. The summed E-state index contributed by atoms with van der Waals surface area (Å²) in [5, 5.41) is 3.22. The van der Waals surface area contributed by atoms with Crippen molar-refractivity contribution in [2.45, 2.75) is 58.0 Å². The topological polar surface area (TPSA) is 88.1 Å². The molecule has 7 nitrogen and oxygen atoms in total. The second-order valence-corrected chi connectivity index (χ2v) is 9.62. The molecule has 2 aromatic rings. The zero-order valence-corrected chi connectivity index (χ0v) is 17.5. The van der Waals surface area contributed by atoms with E-state index in [0.717, 1.165) is 42.5 Å². The molecule has 0 unspecified atom stereocenters. The van der Waals surface area contributed by atoms with E-state index in [-0.39, 0.29) is 29.2 Å². The van der Waals surface area contributed by atoms with E-state index in [4.69, 9.17) is 4.98 Å². The SMILES string of the molecule is CC1(C)Cc2nc(-c3cccnc3)ncc2[C@@H](NC(=O)[C@@H]2CC(=O)N(C3CC3)C2)C1. The van der Waals surface area contributed by atoms with Crippen LogP contribution in [0, 0.1) is 11.3 Å². The molecule has 30 heavy (non-hydrogen) atoms. The lowest BCUT2D eigenvalue weighted by atomic mass is 9.74. The number of fused-ring (bicyclic) bond motifs is 1. The Hall–Kier alpha value is -2.83. The lowest BCUT2D eigenvalue weighted by molar-refractivity contribution is -0.129. The molecule has 1 saturated carbocycles. The summed E-state index contributed by atoms with van der Waals surface area (Å²) in [4.78, 5) is 40.7. The van der Waals surface area contributed by atoms with Crippen molar-refractivity contribution in [2.24, 2.45) is 11.3 Å². The van der Waals surface area contributed by atoms with Crippen molar-refractivity contribution >= 4 is 11.8 Å². The van der Waals surface area contributed by atoms with Gasteiger partial charge in [0.2, 0.25) is 11.8 Å². The zero-order valence-electron chi connectivity index (χ0n) is 17.5. The maximum Gasteiger partial charge on any atom is 0.225 e. The summed E-state index contributed by atoms with van der Waals surface area (Å²) in [5.74, 6) is 0.483. The lowest BCUT2D eigenvalue weighted by Gasteiger charge is -2.37. The van der Waals surface area contributed by atoms with Crippen molar-refractivity contribution in [3.05, 3.63) is 42.0 Å². The third-order valence-corrected chi connectivity index (χ3v) is 6.43. The smallest absolute Gasteiger partial charge is 0.225 e. The van der Waals surface area contributed by atoms with E-state index in [1.54, 1.807) is 12.4 Å². The molecule has 0 radical (unpaired) electrons. The lowest BCUT2D eigenvalue weighted by Crippen LogP contribution is -2.40.